The van der Waals surface area contributed by atoms with Crippen LogP contribution < -0.4 is 0 Å². The van der Waals surface area contributed by atoms with Gasteiger partial charge in [-0.2, -0.15) is 0 Å². The zero-order valence-electron chi connectivity index (χ0n) is 8.89. The molecule has 0 bridgehead atoms. The van der Waals surface area contributed by atoms with E-state index in [9.17, 15) is 0 Å². The van der Waals surface area contributed by atoms with E-state index in [0.29, 0.717) is 0 Å². The van der Waals surface area contributed by atoms with Gasteiger partial charge in [-0.25, -0.2) is 0 Å². The van der Waals surface area contributed by atoms with E-state index in [-0.39, 0.29) is 0 Å². The van der Waals surface area contributed by atoms with Crippen LogP contribution in [0, 0.1) is 0 Å². The molecule has 0 aliphatic rings. The minimum absolute atomic E-state index is 1.09. The molecule has 0 heteroatoms. The number of unbranched alkanes of at least 4 members (excludes halogenated alkanes) is 1. The van der Waals surface area contributed by atoms with E-state index in [1.807, 2.05) is 6.08 Å². The molecule has 0 heterocycles. The first-order valence-electron chi connectivity index (χ1n) is 5.23. The van der Waals surface area contributed by atoms with Gasteiger partial charge in [0, 0.05) is 0 Å². The Morgan fingerprint density at radius 3 is 2.38 bits per heavy atom. The molecule has 13 heavy (non-hydrogen) atoms. The van der Waals surface area contributed by atoms with Crippen molar-refractivity contribution in [3.8, 4) is 0 Å². The molecule has 0 N–H and O–H groups in total. The third-order valence-corrected chi connectivity index (χ3v) is 1.97. The Kier molecular flexibility index (Phi) is 8.75. The van der Waals surface area contributed by atoms with E-state index < -0.39 is 0 Å². The van der Waals surface area contributed by atoms with Crippen LogP contribution in [0.15, 0.2) is 37.0 Å². The van der Waals surface area contributed by atoms with Crippen molar-refractivity contribution >= 4 is 0 Å². The first-order valence-corrected chi connectivity index (χ1v) is 5.23. The average molecular weight is 178 g/mol. The summed E-state index contributed by atoms with van der Waals surface area (Å²) in [5, 5.41) is 0. The van der Waals surface area contributed by atoms with Crippen LogP contribution in [0.25, 0.3) is 0 Å². The van der Waals surface area contributed by atoms with Crippen molar-refractivity contribution in [3.05, 3.63) is 37.0 Å². The van der Waals surface area contributed by atoms with Gasteiger partial charge in [0.25, 0.3) is 0 Å². The molecule has 0 unspecified atom stereocenters. The first-order chi connectivity index (χ1) is 6.31. The zero-order valence-corrected chi connectivity index (χ0v) is 8.89. The second kappa shape index (κ2) is 9.31. The van der Waals surface area contributed by atoms with Crippen molar-refractivity contribution in [1.29, 1.82) is 0 Å². The van der Waals surface area contributed by atoms with Gasteiger partial charge >= 0.3 is 0 Å². The molecule has 0 nitrogen and oxygen atoms in total. The zero-order chi connectivity index (χ0) is 9.94. The average Bonchev–Trinajstić information content (AvgIpc) is 2.11. The fourth-order valence-electron chi connectivity index (χ4n) is 1.22. The number of allylic oxidation sites excluding steroid dienone is 4. The van der Waals surface area contributed by atoms with Crippen molar-refractivity contribution in [3.63, 3.8) is 0 Å². The maximum absolute atomic E-state index is 4.03. The summed E-state index contributed by atoms with van der Waals surface area (Å²) in [7, 11) is 0. The van der Waals surface area contributed by atoms with E-state index in [1.165, 1.54) is 18.4 Å². The Hall–Kier alpha value is -0.780. The highest BCUT2D eigenvalue weighted by atomic mass is 14.0. The number of hydrogen-bond acceptors (Lipinski definition) is 0. The fourth-order valence-corrected chi connectivity index (χ4v) is 1.22. The quantitative estimate of drug-likeness (QED) is 0.375. The second-order valence-corrected chi connectivity index (χ2v) is 3.38. The molecule has 0 saturated carbocycles. The SMILES string of the molecule is C=CCCC=CCCC(=C)CCC. The first kappa shape index (κ1) is 12.2. The van der Waals surface area contributed by atoms with Crippen LogP contribution in [-0.2, 0) is 0 Å². The predicted octanol–water partition coefficient (Wildman–Crippen LogP) is 4.65. The summed E-state index contributed by atoms with van der Waals surface area (Å²) in [5.41, 5.74) is 1.39. The molecule has 74 valence electrons. The minimum atomic E-state index is 1.09. The Morgan fingerprint density at radius 2 is 1.77 bits per heavy atom. The van der Waals surface area contributed by atoms with Gasteiger partial charge in [-0.3, -0.25) is 0 Å². The fraction of sp³-hybridized carbons (Fsp3) is 0.538. The minimum Gasteiger partial charge on any atom is -0.103 e. The Bertz CT molecular complexity index is 163. The summed E-state index contributed by atoms with van der Waals surface area (Å²) in [6.07, 6.45) is 13.4. The van der Waals surface area contributed by atoms with Gasteiger partial charge in [0.2, 0.25) is 0 Å². The van der Waals surface area contributed by atoms with E-state index >= 15 is 0 Å². The summed E-state index contributed by atoms with van der Waals surface area (Å²) >= 11 is 0. The second-order valence-electron chi connectivity index (χ2n) is 3.38. The maximum Gasteiger partial charge on any atom is -0.0288 e. The highest BCUT2D eigenvalue weighted by molar-refractivity contribution is 4.96. The van der Waals surface area contributed by atoms with Crippen molar-refractivity contribution in [1.82, 2.24) is 0 Å². The lowest BCUT2D eigenvalue weighted by Gasteiger charge is -1.99. The Balaban J connectivity index is 3.27. The summed E-state index contributed by atoms with van der Waals surface area (Å²) < 4.78 is 0. The molecule has 0 saturated heterocycles. The van der Waals surface area contributed by atoms with Crippen LogP contribution in [-0.4, -0.2) is 0 Å². The van der Waals surface area contributed by atoms with Gasteiger partial charge in [0.05, 0.1) is 0 Å². The van der Waals surface area contributed by atoms with E-state index in [1.54, 1.807) is 0 Å². The van der Waals surface area contributed by atoms with Gasteiger partial charge < -0.3 is 0 Å². The molecule has 0 aliphatic carbocycles. The van der Waals surface area contributed by atoms with E-state index in [4.69, 9.17) is 0 Å². The molecule has 0 aromatic heterocycles. The third-order valence-electron chi connectivity index (χ3n) is 1.97. The molecule has 0 fully saturated rings. The van der Waals surface area contributed by atoms with Gasteiger partial charge in [-0.15, -0.1) is 6.58 Å². The number of hydrogen-bond donors (Lipinski definition) is 0. The Morgan fingerprint density at radius 1 is 1.08 bits per heavy atom. The molecule has 0 rings (SSSR count). The summed E-state index contributed by atoms with van der Waals surface area (Å²) in [6, 6.07) is 0. The monoisotopic (exact) mass is 178 g/mol. The summed E-state index contributed by atoms with van der Waals surface area (Å²) in [6.45, 7) is 9.91. The molecule has 0 spiro atoms. The highest BCUT2D eigenvalue weighted by Crippen LogP contribution is 2.09. The molecule has 0 amide bonds. The van der Waals surface area contributed by atoms with Gasteiger partial charge in [0.1, 0.15) is 0 Å². The van der Waals surface area contributed by atoms with Crippen LogP contribution in [0.1, 0.15) is 45.4 Å². The lowest BCUT2D eigenvalue weighted by atomic mass is 10.1. The highest BCUT2D eigenvalue weighted by Gasteiger charge is 1.89. The van der Waals surface area contributed by atoms with Crippen molar-refractivity contribution in [2.45, 2.75) is 45.4 Å². The smallest absolute Gasteiger partial charge is 0.0288 e. The molecule has 0 atom stereocenters. The lowest BCUT2D eigenvalue weighted by molar-refractivity contribution is 0.832. The van der Waals surface area contributed by atoms with Crippen LogP contribution >= 0.6 is 0 Å². The molecule has 0 aliphatic heterocycles. The van der Waals surface area contributed by atoms with E-state index in [0.717, 1.165) is 25.7 Å². The topological polar surface area (TPSA) is 0 Å². The third kappa shape index (κ3) is 9.13. The largest absolute Gasteiger partial charge is 0.103 e. The van der Waals surface area contributed by atoms with Gasteiger partial charge in [-0.1, -0.05) is 43.7 Å². The van der Waals surface area contributed by atoms with Crippen LogP contribution in [0.4, 0.5) is 0 Å². The normalized spacial score (nSPS) is 10.5. The van der Waals surface area contributed by atoms with Gasteiger partial charge in [0.15, 0.2) is 0 Å². The molecule has 0 aromatic carbocycles. The number of rotatable bonds is 8. The predicted molar refractivity (Wildman–Crippen MR) is 61.9 cm³/mol. The molecule has 0 aromatic rings. The van der Waals surface area contributed by atoms with Crippen molar-refractivity contribution < 1.29 is 0 Å². The summed E-state index contributed by atoms with van der Waals surface area (Å²) in [4.78, 5) is 0. The molecular formula is C13H22. The lowest BCUT2D eigenvalue weighted by Crippen LogP contribution is -1.79. The molecule has 0 radical (unpaired) electrons. The van der Waals surface area contributed by atoms with Crippen LogP contribution in [0.2, 0.25) is 0 Å². The van der Waals surface area contributed by atoms with E-state index in [2.05, 4.69) is 32.2 Å². The van der Waals surface area contributed by atoms with Crippen molar-refractivity contribution in [2.24, 2.45) is 0 Å². The maximum atomic E-state index is 4.03. The van der Waals surface area contributed by atoms with Crippen molar-refractivity contribution in [2.75, 3.05) is 0 Å². The molecular weight excluding hydrogens is 156 g/mol. The van der Waals surface area contributed by atoms with Crippen LogP contribution in [0.5, 0.6) is 0 Å². The Labute approximate surface area is 83.0 Å². The summed E-state index contributed by atoms with van der Waals surface area (Å²) in [5.74, 6) is 0. The standard InChI is InChI=1S/C13H22/c1-4-6-7-8-9-10-12-13(3)11-5-2/h4,8-9H,1,3,5-7,10-12H2,2H3. The van der Waals surface area contributed by atoms with Crippen LogP contribution in [0.3, 0.4) is 0 Å². The van der Waals surface area contributed by atoms with Gasteiger partial charge in [-0.05, 0) is 32.1 Å².